The Morgan fingerprint density at radius 2 is 1.19 bits per heavy atom. The van der Waals surface area contributed by atoms with Gasteiger partial charge in [-0.05, 0) is 37.5 Å². The summed E-state index contributed by atoms with van der Waals surface area (Å²) in [5.41, 5.74) is 3.65. The van der Waals surface area contributed by atoms with Crippen LogP contribution in [0.25, 0.3) is 0 Å². The molecule has 0 bridgehead atoms. The third-order valence-electron chi connectivity index (χ3n) is 2.98. The Labute approximate surface area is 98.7 Å². The van der Waals surface area contributed by atoms with Crippen LogP contribution in [-0.2, 0) is 13.3 Å². The fraction of sp³-hybridized carbons (Fsp3) is 0.500. The van der Waals surface area contributed by atoms with Crippen LogP contribution >= 0.6 is 0 Å². The zero-order chi connectivity index (χ0) is 12.3. The highest BCUT2D eigenvalue weighted by atomic mass is 28.4. The van der Waals surface area contributed by atoms with Gasteiger partial charge in [-0.1, -0.05) is 12.1 Å². The summed E-state index contributed by atoms with van der Waals surface area (Å²) in [7, 11) is 2.21. The third kappa shape index (κ3) is 2.20. The molecule has 0 N–H and O–H groups in total. The number of hydrogen-bond donors (Lipinski definition) is 0. The highest BCUT2D eigenvalue weighted by molar-refractivity contribution is 6.75. The predicted molar refractivity (Wildman–Crippen MR) is 67.1 cm³/mol. The van der Waals surface area contributed by atoms with E-state index in [0.717, 1.165) is 10.8 Å². The molecule has 4 heteroatoms. The maximum absolute atomic E-state index is 5.49. The number of hydrogen-bond acceptors (Lipinski definition) is 3. The zero-order valence-corrected chi connectivity index (χ0v) is 11.9. The summed E-state index contributed by atoms with van der Waals surface area (Å²) in [6.45, 7) is 6.24. The molecule has 0 aromatic heterocycles. The van der Waals surface area contributed by atoms with Crippen LogP contribution in [0.5, 0.6) is 0 Å². The SMILES string of the molecule is CO[Si](OC)(OC)c1cc(C)c(C)cc1C. The van der Waals surface area contributed by atoms with Crippen LogP contribution in [-0.4, -0.2) is 30.1 Å². The monoisotopic (exact) mass is 240 g/mol. The molecule has 1 aromatic rings. The maximum atomic E-state index is 5.49. The van der Waals surface area contributed by atoms with Crippen LogP contribution in [0.1, 0.15) is 16.7 Å². The molecule has 0 aliphatic carbocycles. The molecular formula is C12H20O3Si. The molecule has 0 fully saturated rings. The molecule has 0 aliphatic heterocycles. The molecule has 0 spiro atoms. The van der Waals surface area contributed by atoms with Gasteiger partial charge in [0.25, 0.3) is 0 Å². The van der Waals surface area contributed by atoms with E-state index in [1.54, 1.807) is 21.3 Å². The van der Waals surface area contributed by atoms with Crippen molar-refractivity contribution >= 4 is 14.0 Å². The Kier molecular flexibility index (Phi) is 4.26. The van der Waals surface area contributed by atoms with E-state index < -0.39 is 8.80 Å². The molecule has 0 unspecified atom stereocenters. The van der Waals surface area contributed by atoms with Crippen LogP contribution in [0, 0.1) is 20.8 Å². The van der Waals surface area contributed by atoms with Gasteiger partial charge in [0, 0.05) is 26.5 Å². The molecule has 0 heterocycles. The van der Waals surface area contributed by atoms with Gasteiger partial charge >= 0.3 is 8.80 Å². The molecule has 0 saturated carbocycles. The number of aryl methyl sites for hydroxylation is 3. The van der Waals surface area contributed by atoms with Gasteiger partial charge in [0.05, 0.1) is 0 Å². The molecule has 3 nitrogen and oxygen atoms in total. The molecule has 0 radical (unpaired) electrons. The van der Waals surface area contributed by atoms with E-state index >= 15 is 0 Å². The van der Waals surface area contributed by atoms with Gasteiger partial charge in [-0.25, -0.2) is 0 Å². The Morgan fingerprint density at radius 3 is 1.62 bits per heavy atom. The minimum absolute atomic E-state index is 1.04. The summed E-state index contributed by atoms with van der Waals surface area (Å²) >= 11 is 0. The van der Waals surface area contributed by atoms with Crippen molar-refractivity contribution in [3.05, 3.63) is 28.8 Å². The first-order chi connectivity index (χ1) is 7.50. The molecule has 0 saturated heterocycles. The Balaban J connectivity index is 3.35. The first-order valence-electron chi connectivity index (χ1n) is 5.24. The lowest BCUT2D eigenvalue weighted by Gasteiger charge is -2.26. The third-order valence-corrected chi connectivity index (χ3v) is 5.79. The minimum Gasteiger partial charge on any atom is -0.373 e. The van der Waals surface area contributed by atoms with Gasteiger partial charge in [0.1, 0.15) is 0 Å². The van der Waals surface area contributed by atoms with Crippen LogP contribution in [0.2, 0.25) is 0 Å². The van der Waals surface area contributed by atoms with Gasteiger partial charge in [-0.2, -0.15) is 0 Å². The highest BCUT2D eigenvalue weighted by Crippen LogP contribution is 2.14. The molecular weight excluding hydrogens is 220 g/mol. The van der Waals surface area contributed by atoms with E-state index in [4.69, 9.17) is 13.3 Å². The van der Waals surface area contributed by atoms with E-state index in [2.05, 4.69) is 32.9 Å². The second-order valence-corrected chi connectivity index (χ2v) is 6.80. The lowest BCUT2D eigenvalue weighted by molar-refractivity contribution is 0.140. The normalized spacial score (nSPS) is 11.9. The summed E-state index contributed by atoms with van der Waals surface area (Å²) in [4.78, 5) is 0. The Morgan fingerprint density at radius 1 is 0.750 bits per heavy atom. The standard InChI is InChI=1S/C12H20O3Si/c1-9-7-11(3)12(8-10(9)2)16(13-4,14-5)15-6/h7-8H,1-6H3. The van der Waals surface area contributed by atoms with E-state index in [1.807, 2.05) is 0 Å². The summed E-state index contributed by atoms with van der Waals surface area (Å²) < 4.78 is 16.5. The van der Waals surface area contributed by atoms with Gasteiger partial charge < -0.3 is 13.3 Å². The number of rotatable bonds is 4. The summed E-state index contributed by atoms with van der Waals surface area (Å²) in [5.74, 6) is 0. The van der Waals surface area contributed by atoms with Crippen molar-refractivity contribution in [3.63, 3.8) is 0 Å². The zero-order valence-electron chi connectivity index (χ0n) is 10.9. The average molecular weight is 240 g/mol. The second-order valence-electron chi connectivity index (χ2n) is 3.92. The first-order valence-corrected chi connectivity index (χ1v) is 6.97. The van der Waals surface area contributed by atoms with Crippen molar-refractivity contribution in [2.24, 2.45) is 0 Å². The molecule has 1 rings (SSSR count). The Hall–Kier alpha value is -0.683. The van der Waals surface area contributed by atoms with Gasteiger partial charge in [-0.15, -0.1) is 0 Å². The Bertz CT molecular complexity index is 365. The van der Waals surface area contributed by atoms with E-state index in [9.17, 15) is 0 Å². The molecule has 16 heavy (non-hydrogen) atoms. The molecule has 0 aliphatic rings. The van der Waals surface area contributed by atoms with E-state index in [0.29, 0.717) is 0 Å². The second kappa shape index (κ2) is 5.10. The molecule has 90 valence electrons. The van der Waals surface area contributed by atoms with E-state index in [-0.39, 0.29) is 0 Å². The molecule has 1 aromatic carbocycles. The largest absolute Gasteiger partial charge is 0.536 e. The predicted octanol–water partition coefficient (Wildman–Crippen LogP) is 1.70. The smallest absolute Gasteiger partial charge is 0.373 e. The van der Waals surface area contributed by atoms with Crippen molar-refractivity contribution in [2.75, 3.05) is 21.3 Å². The fourth-order valence-electron chi connectivity index (χ4n) is 1.87. The topological polar surface area (TPSA) is 27.7 Å². The van der Waals surface area contributed by atoms with E-state index in [1.165, 1.54) is 11.1 Å². The quantitative estimate of drug-likeness (QED) is 0.750. The molecule has 0 atom stereocenters. The maximum Gasteiger partial charge on any atom is 0.536 e. The van der Waals surface area contributed by atoms with Crippen LogP contribution in [0.4, 0.5) is 0 Å². The fourth-order valence-corrected chi connectivity index (χ4v) is 3.98. The van der Waals surface area contributed by atoms with Gasteiger partial charge in [0.2, 0.25) is 0 Å². The van der Waals surface area contributed by atoms with Gasteiger partial charge in [-0.3, -0.25) is 0 Å². The van der Waals surface area contributed by atoms with Crippen LogP contribution in [0.15, 0.2) is 12.1 Å². The van der Waals surface area contributed by atoms with Crippen molar-refractivity contribution in [1.29, 1.82) is 0 Å². The highest BCUT2D eigenvalue weighted by Gasteiger charge is 2.42. The lowest BCUT2D eigenvalue weighted by atomic mass is 10.1. The summed E-state index contributed by atoms with van der Waals surface area (Å²) in [6, 6.07) is 4.25. The van der Waals surface area contributed by atoms with Crippen molar-refractivity contribution in [2.45, 2.75) is 20.8 Å². The molecule has 0 amide bonds. The number of benzene rings is 1. The summed E-state index contributed by atoms with van der Waals surface area (Å²) in [6.07, 6.45) is 0. The van der Waals surface area contributed by atoms with Crippen LogP contribution < -0.4 is 5.19 Å². The minimum atomic E-state index is -2.69. The van der Waals surface area contributed by atoms with Crippen molar-refractivity contribution < 1.29 is 13.3 Å². The lowest BCUT2D eigenvalue weighted by Crippen LogP contribution is -2.55. The van der Waals surface area contributed by atoms with Crippen molar-refractivity contribution in [1.82, 2.24) is 0 Å². The van der Waals surface area contributed by atoms with Gasteiger partial charge in [0.15, 0.2) is 0 Å². The van der Waals surface area contributed by atoms with Crippen LogP contribution in [0.3, 0.4) is 0 Å². The first kappa shape index (κ1) is 13.4. The summed E-state index contributed by atoms with van der Waals surface area (Å²) in [5, 5.41) is 1.04. The van der Waals surface area contributed by atoms with Crippen molar-refractivity contribution in [3.8, 4) is 0 Å². The average Bonchev–Trinajstić information content (AvgIpc) is 2.28.